The number of hydrogen-bond donors (Lipinski definition) is 0. The van der Waals surface area contributed by atoms with Gasteiger partial charge in [-0.15, -0.1) is 0 Å². The van der Waals surface area contributed by atoms with Gasteiger partial charge in [-0.1, -0.05) is 6.07 Å². The maximum atomic E-state index is 12.3. The number of ether oxygens (including phenoxy) is 1. The lowest BCUT2D eigenvalue weighted by molar-refractivity contribution is 0.00901. The van der Waals surface area contributed by atoms with Gasteiger partial charge in [-0.25, -0.2) is 4.79 Å². The molecular weight excluding hydrogens is 252 g/mol. The van der Waals surface area contributed by atoms with E-state index in [0.717, 1.165) is 37.1 Å². The summed E-state index contributed by atoms with van der Waals surface area (Å²) in [5.74, 6) is 0. The molecule has 1 aliphatic heterocycles. The molecule has 0 bridgehead atoms. The van der Waals surface area contributed by atoms with Crippen molar-refractivity contribution in [3.05, 3.63) is 29.6 Å². The zero-order chi connectivity index (χ0) is 14.8. The molecule has 0 aromatic carbocycles. The second kappa shape index (κ2) is 5.81. The summed E-state index contributed by atoms with van der Waals surface area (Å²) in [5.41, 5.74) is 1.63. The molecule has 20 heavy (non-hydrogen) atoms. The molecule has 1 unspecified atom stereocenters. The standard InChI is InChI=1S/C16H24N2O2/c1-12-8-9-13(17-11-12)14-7-5-6-10-18(14)15(19)20-16(2,3)4/h8-9,11,14H,5-7,10H2,1-4H3. The van der Waals surface area contributed by atoms with Crippen LogP contribution in [-0.2, 0) is 4.74 Å². The quantitative estimate of drug-likeness (QED) is 0.782. The fourth-order valence-corrected chi connectivity index (χ4v) is 2.45. The summed E-state index contributed by atoms with van der Waals surface area (Å²) in [4.78, 5) is 18.6. The van der Waals surface area contributed by atoms with Gasteiger partial charge in [-0.2, -0.15) is 0 Å². The third kappa shape index (κ3) is 3.71. The average Bonchev–Trinajstić information content (AvgIpc) is 2.38. The molecule has 4 nitrogen and oxygen atoms in total. The molecule has 2 rings (SSSR count). The van der Waals surface area contributed by atoms with E-state index in [1.54, 1.807) is 0 Å². The summed E-state index contributed by atoms with van der Waals surface area (Å²) in [6, 6.07) is 4.10. The lowest BCUT2D eigenvalue weighted by Gasteiger charge is -2.36. The number of likely N-dealkylation sites (tertiary alicyclic amines) is 1. The van der Waals surface area contributed by atoms with Gasteiger partial charge in [0, 0.05) is 12.7 Å². The Morgan fingerprint density at radius 2 is 2.10 bits per heavy atom. The van der Waals surface area contributed by atoms with Crippen molar-refractivity contribution in [1.29, 1.82) is 0 Å². The maximum Gasteiger partial charge on any atom is 0.410 e. The van der Waals surface area contributed by atoms with Crippen LogP contribution in [0.2, 0.25) is 0 Å². The monoisotopic (exact) mass is 276 g/mol. The smallest absolute Gasteiger partial charge is 0.410 e. The molecule has 1 atom stereocenters. The highest BCUT2D eigenvalue weighted by Crippen LogP contribution is 2.31. The second-order valence-corrected chi connectivity index (χ2v) is 6.45. The first-order valence-corrected chi connectivity index (χ1v) is 7.29. The summed E-state index contributed by atoms with van der Waals surface area (Å²) in [7, 11) is 0. The molecule has 0 radical (unpaired) electrons. The zero-order valence-corrected chi connectivity index (χ0v) is 12.8. The summed E-state index contributed by atoms with van der Waals surface area (Å²) >= 11 is 0. The van der Waals surface area contributed by atoms with Crippen molar-refractivity contribution in [1.82, 2.24) is 9.88 Å². The Bertz CT molecular complexity index is 462. The number of aromatic nitrogens is 1. The first-order chi connectivity index (χ1) is 9.37. The van der Waals surface area contributed by atoms with Crippen molar-refractivity contribution in [3.8, 4) is 0 Å². The minimum atomic E-state index is -0.459. The normalized spacial score (nSPS) is 19.8. The summed E-state index contributed by atoms with van der Waals surface area (Å²) in [5, 5.41) is 0. The molecule has 1 fully saturated rings. The van der Waals surface area contributed by atoms with E-state index < -0.39 is 5.60 Å². The molecule has 0 N–H and O–H groups in total. The topological polar surface area (TPSA) is 42.4 Å². The molecular formula is C16H24N2O2. The lowest BCUT2D eigenvalue weighted by Crippen LogP contribution is -2.42. The van der Waals surface area contributed by atoms with Gasteiger partial charge < -0.3 is 4.74 Å². The highest BCUT2D eigenvalue weighted by Gasteiger charge is 2.31. The Morgan fingerprint density at radius 1 is 1.35 bits per heavy atom. The molecule has 2 heterocycles. The van der Waals surface area contributed by atoms with Crippen LogP contribution in [0.3, 0.4) is 0 Å². The van der Waals surface area contributed by atoms with Crippen LogP contribution < -0.4 is 0 Å². The first kappa shape index (κ1) is 14.8. The van der Waals surface area contributed by atoms with Crippen LogP contribution in [0, 0.1) is 6.92 Å². The van der Waals surface area contributed by atoms with Crippen LogP contribution in [0.4, 0.5) is 4.79 Å². The number of pyridine rings is 1. The van der Waals surface area contributed by atoms with Gasteiger partial charge in [-0.3, -0.25) is 9.88 Å². The van der Waals surface area contributed by atoms with E-state index in [4.69, 9.17) is 4.74 Å². The zero-order valence-electron chi connectivity index (χ0n) is 12.8. The Kier molecular flexibility index (Phi) is 4.31. The molecule has 1 aromatic heterocycles. The average molecular weight is 276 g/mol. The minimum Gasteiger partial charge on any atom is -0.444 e. The third-order valence-electron chi connectivity index (χ3n) is 3.41. The molecule has 110 valence electrons. The number of nitrogens with zero attached hydrogens (tertiary/aromatic N) is 2. The minimum absolute atomic E-state index is 0.0409. The first-order valence-electron chi connectivity index (χ1n) is 7.29. The van der Waals surface area contributed by atoms with Crippen LogP contribution in [0.15, 0.2) is 18.3 Å². The fourth-order valence-electron chi connectivity index (χ4n) is 2.45. The van der Waals surface area contributed by atoms with Crippen molar-refractivity contribution in [3.63, 3.8) is 0 Å². The number of piperidine rings is 1. The van der Waals surface area contributed by atoms with E-state index in [1.807, 2.05) is 50.9 Å². The van der Waals surface area contributed by atoms with Gasteiger partial charge in [0.05, 0.1) is 11.7 Å². The molecule has 0 spiro atoms. The van der Waals surface area contributed by atoms with Crippen LogP contribution >= 0.6 is 0 Å². The predicted molar refractivity (Wildman–Crippen MR) is 78.5 cm³/mol. The van der Waals surface area contributed by atoms with Crippen LogP contribution in [0.1, 0.15) is 57.3 Å². The summed E-state index contributed by atoms with van der Waals surface area (Å²) in [6.45, 7) is 8.45. The molecule has 1 saturated heterocycles. The highest BCUT2D eigenvalue weighted by atomic mass is 16.6. The van der Waals surface area contributed by atoms with E-state index in [-0.39, 0.29) is 12.1 Å². The Hall–Kier alpha value is -1.58. The fraction of sp³-hybridized carbons (Fsp3) is 0.625. The lowest BCUT2D eigenvalue weighted by atomic mass is 9.99. The third-order valence-corrected chi connectivity index (χ3v) is 3.41. The molecule has 1 aliphatic rings. The van der Waals surface area contributed by atoms with Crippen molar-refractivity contribution < 1.29 is 9.53 Å². The van der Waals surface area contributed by atoms with Crippen molar-refractivity contribution in [2.75, 3.05) is 6.54 Å². The second-order valence-electron chi connectivity index (χ2n) is 6.45. The van der Waals surface area contributed by atoms with E-state index in [0.29, 0.717) is 0 Å². The van der Waals surface area contributed by atoms with Crippen molar-refractivity contribution in [2.45, 2.75) is 58.6 Å². The number of rotatable bonds is 1. The van der Waals surface area contributed by atoms with E-state index >= 15 is 0 Å². The van der Waals surface area contributed by atoms with E-state index in [9.17, 15) is 4.79 Å². The van der Waals surface area contributed by atoms with Gasteiger partial charge in [0.1, 0.15) is 5.60 Å². The van der Waals surface area contributed by atoms with E-state index in [1.165, 1.54) is 0 Å². The molecule has 4 heteroatoms. The van der Waals surface area contributed by atoms with Gasteiger partial charge >= 0.3 is 6.09 Å². The highest BCUT2D eigenvalue weighted by molar-refractivity contribution is 5.69. The molecule has 1 aromatic rings. The maximum absolute atomic E-state index is 12.3. The number of carbonyl (C=O) groups excluding carboxylic acids is 1. The van der Waals surface area contributed by atoms with Gasteiger partial charge in [0.25, 0.3) is 0 Å². The number of amides is 1. The van der Waals surface area contributed by atoms with Crippen LogP contribution in [0.5, 0.6) is 0 Å². The van der Waals surface area contributed by atoms with Crippen molar-refractivity contribution >= 4 is 6.09 Å². The Labute approximate surface area is 121 Å². The molecule has 1 amide bonds. The molecule has 0 aliphatic carbocycles. The van der Waals surface area contributed by atoms with Gasteiger partial charge in [0.15, 0.2) is 0 Å². The Balaban J connectivity index is 2.16. The molecule has 0 saturated carbocycles. The largest absolute Gasteiger partial charge is 0.444 e. The number of hydrogen-bond acceptors (Lipinski definition) is 3. The summed E-state index contributed by atoms with van der Waals surface area (Å²) in [6.07, 6.45) is 4.73. The van der Waals surface area contributed by atoms with Gasteiger partial charge in [-0.05, 0) is 58.6 Å². The van der Waals surface area contributed by atoms with Crippen molar-refractivity contribution in [2.24, 2.45) is 0 Å². The van der Waals surface area contributed by atoms with E-state index in [2.05, 4.69) is 4.98 Å². The van der Waals surface area contributed by atoms with Gasteiger partial charge in [0.2, 0.25) is 0 Å². The SMILES string of the molecule is Cc1ccc(C2CCCCN2C(=O)OC(C)(C)C)nc1. The number of carbonyl (C=O) groups is 1. The Morgan fingerprint density at radius 3 is 2.70 bits per heavy atom. The number of aryl methyl sites for hydroxylation is 1. The van der Waals surface area contributed by atoms with Crippen LogP contribution in [0.25, 0.3) is 0 Å². The van der Waals surface area contributed by atoms with Crippen LogP contribution in [-0.4, -0.2) is 28.1 Å². The predicted octanol–water partition coefficient (Wildman–Crippen LogP) is 3.85. The summed E-state index contributed by atoms with van der Waals surface area (Å²) < 4.78 is 5.51.